The van der Waals surface area contributed by atoms with Crippen molar-refractivity contribution in [2.24, 2.45) is 5.10 Å². The molecule has 8 heteroatoms. The predicted octanol–water partition coefficient (Wildman–Crippen LogP) is 2.40. The number of benzene rings is 1. The van der Waals surface area contributed by atoms with Gasteiger partial charge in [0.1, 0.15) is 0 Å². The number of thioether (sulfide) groups is 1. The Morgan fingerprint density at radius 1 is 1.22 bits per heavy atom. The SMILES string of the molecule is C/C(=N/NC(=O)CSc1ccc(Cl)cc1)c1ccc(C(=O)[O-])s1. The Balaban J connectivity index is 1.86. The molecule has 0 aliphatic heterocycles. The van der Waals surface area contributed by atoms with Crippen molar-refractivity contribution in [2.75, 3.05) is 5.75 Å². The van der Waals surface area contributed by atoms with Gasteiger partial charge < -0.3 is 9.90 Å². The molecule has 0 fully saturated rings. The van der Waals surface area contributed by atoms with Crippen LogP contribution < -0.4 is 10.5 Å². The van der Waals surface area contributed by atoms with Crippen LogP contribution in [-0.2, 0) is 4.79 Å². The zero-order chi connectivity index (χ0) is 16.8. The molecule has 0 aliphatic rings. The summed E-state index contributed by atoms with van der Waals surface area (Å²) in [6.07, 6.45) is 0. The van der Waals surface area contributed by atoms with Crippen LogP contribution >= 0.6 is 34.7 Å². The highest BCUT2D eigenvalue weighted by Crippen LogP contribution is 2.20. The minimum Gasteiger partial charge on any atom is -0.544 e. The molecule has 120 valence electrons. The lowest BCUT2D eigenvalue weighted by molar-refractivity contribution is -0.254. The van der Waals surface area contributed by atoms with E-state index < -0.39 is 5.97 Å². The van der Waals surface area contributed by atoms with E-state index >= 15 is 0 Å². The highest BCUT2D eigenvalue weighted by Gasteiger charge is 2.06. The highest BCUT2D eigenvalue weighted by molar-refractivity contribution is 8.00. The minimum atomic E-state index is -1.22. The van der Waals surface area contributed by atoms with Crippen LogP contribution in [0.4, 0.5) is 0 Å². The quantitative estimate of drug-likeness (QED) is 0.483. The molecule has 2 rings (SSSR count). The summed E-state index contributed by atoms with van der Waals surface area (Å²) in [6.45, 7) is 1.69. The lowest BCUT2D eigenvalue weighted by atomic mass is 10.3. The zero-order valence-electron chi connectivity index (χ0n) is 12.0. The summed E-state index contributed by atoms with van der Waals surface area (Å²) in [5.41, 5.74) is 2.98. The number of hydrazone groups is 1. The maximum atomic E-state index is 11.8. The molecule has 0 unspecified atom stereocenters. The molecule has 1 N–H and O–H groups in total. The Morgan fingerprint density at radius 3 is 2.48 bits per heavy atom. The van der Waals surface area contributed by atoms with Crippen LogP contribution in [0.25, 0.3) is 0 Å². The number of carboxylic acid groups (broad SMARTS) is 1. The predicted molar refractivity (Wildman–Crippen MR) is 91.2 cm³/mol. The second kappa shape index (κ2) is 8.14. The number of carboxylic acids is 1. The fourth-order valence-corrected chi connectivity index (χ4v) is 3.16. The molecule has 5 nitrogen and oxygen atoms in total. The molecule has 1 heterocycles. The van der Waals surface area contributed by atoms with Gasteiger partial charge in [0.05, 0.1) is 27.2 Å². The summed E-state index contributed by atoms with van der Waals surface area (Å²) in [5.74, 6) is -1.26. The van der Waals surface area contributed by atoms with Crippen LogP contribution in [0.1, 0.15) is 21.5 Å². The van der Waals surface area contributed by atoms with Crippen molar-refractivity contribution in [1.82, 2.24) is 5.43 Å². The molecule has 2 aromatic rings. The molecular weight excluding hydrogens is 356 g/mol. The fraction of sp³-hybridized carbons (Fsp3) is 0.133. The number of nitrogens with one attached hydrogen (secondary N) is 1. The van der Waals surface area contributed by atoms with Gasteiger partial charge in [-0.25, -0.2) is 5.43 Å². The number of hydrogen-bond acceptors (Lipinski definition) is 6. The van der Waals surface area contributed by atoms with Gasteiger partial charge in [0.25, 0.3) is 0 Å². The number of thiophene rings is 1. The Hall–Kier alpha value is -1.83. The molecule has 0 saturated heterocycles. The summed E-state index contributed by atoms with van der Waals surface area (Å²) in [4.78, 5) is 24.2. The third kappa shape index (κ3) is 5.38. The van der Waals surface area contributed by atoms with Gasteiger partial charge in [-0.1, -0.05) is 11.6 Å². The summed E-state index contributed by atoms with van der Waals surface area (Å²) in [5, 5.41) is 15.3. The Kier molecular flexibility index (Phi) is 6.20. The normalized spacial score (nSPS) is 11.3. The molecule has 0 radical (unpaired) electrons. The number of amides is 1. The van der Waals surface area contributed by atoms with E-state index in [0.29, 0.717) is 15.6 Å². The second-order valence-corrected chi connectivity index (χ2v) is 7.00. The van der Waals surface area contributed by atoms with E-state index in [9.17, 15) is 14.7 Å². The van der Waals surface area contributed by atoms with E-state index in [2.05, 4.69) is 10.5 Å². The highest BCUT2D eigenvalue weighted by atomic mass is 35.5. The molecule has 0 spiro atoms. The summed E-state index contributed by atoms with van der Waals surface area (Å²) in [6, 6.07) is 10.3. The first-order chi connectivity index (χ1) is 11.0. The summed E-state index contributed by atoms with van der Waals surface area (Å²) >= 11 is 8.21. The minimum absolute atomic E-state index is 0.124. The van der Waals surface area contributed by atoms with Crippen LogP contribution in [0.15, 0.2) is 46.4 Å². The number of carbonyl (C=O) groups is 2. The fourth-order valence-electron chi connectivity index (χ4n) is 1.56. The average molecular weight is 368 g/mol. The van der Waals surface area contributed by atoms with E-state index in [1.807, 2.05) is 12.1 Å². The van der Waals surface area contributed by atoms with Crippen molar-refractivity contribution in [3.8, 4) is 0 Å². The Labute approximate surface area is 146 Å². The van der Waals surface area contributed by atoms with E-state index in [0.717, 1.165) is 16.2 Å². The first kappa shape index (κ1) is 17.5. The third-order valence-corrected chi connectivity index (χ3v) is 5.13. The van der Waals surface area contributed by atoms with E-state index in [1.165, 1.54) is 17.8 Å². The standard InChI is InChI=1S/C15H13ClN2O3S2/c1-9(12-6-7-13(23-12)15(20)21)17-18-14(19)8-22-11-4-2-10(16)3-5-11/h2-7H,8H2,1H3,(H,18,19)(H,20,21)/p-1/b17-9-. The zero-order valence-corrected chi connectivity index (χ0v) is 14.4. The maximum Gasteiger partial charge on any atom is 0.250 e. The van der Waals surface area contributed by atoms with Gasteiger partial charge in [0, 0.05) is 9.92 Å². The van der Waals surface area contributed by atoms with Gasteiger partial charge in [-0.15, -0.1) is 23.1 Å². The molecule has 23 heavy (non-hydrogen) atoms. The average Bonchev–Trinajstić information content (AvgIpc) is 3.02. The van der Waals surface area contributed by atoms with Crippen molar-refractivity contribution < 1.29 is 14.7 Å². The molecule has 1 aromatic heterocycles. The number of hydrogen-bond donors (Lipinski definition) is 1. The molecule has 1 aromatic carbocycles. The maximum absolute atomic E-state index is 11.8. The number of aromatic carboxylic acids is 1. The largest absolute Gasteiger partial charge is 0.544 e. The number of rotatable bonds is 6. The van der Waals surface area contributed by atoms with Gasteiger partial charge in [0.15, 0.2) is 0 Å². The van der Waals surface area contributed by atoms with Gasteiger partial charge in [-0.3, -0.25) is 4.79 Å². The van der Waals surface area contributed by atoms with Crippen LogP contribution in [0.2, 0.25) is 5.02 Å². The third-order valence-electron chi connectivity index (χ3n) is 2.70. The molecule has 0 aliphatic carbocycles. The monoisotopic (exact) mass is 367 g/mol. The van der Waals surface area contributed by atoms with E-state index in [1.54, 1.807) is 25.1 Å². The molecule has 1 amide bonds. The second-order valence-electron chi connectivity index (χ2n) is 4.43. The Bertz CT molecular complexity index is 741. The lowest BCUT2D eigenvalue weighted by Gasteiger charge is -2.02. The van der Waals surface area contributed by atoms with Crippen LogP contribution in [0, 0.1) is 0 Å². The number of nitrogens with zero attached hydrogens (tertiary/aromatic N) is 1. The first-order valence-electron chi connectivity index (χ1n) is 6.49. The van der Waals surface area contributed by atoms with Gasteiger partial charge >= 0.3 is 0 Å². The van der Waals surface area contributed by atoms with Crippen LogP contribution in [0.3, 0.4) is 0 Å². The molecule has 0 atom stereocenters. The smallest absolute Gasteiger partial charge is 0.250 e. The topological polar surface area (TPSA) is 81.6 Å². The molecule has 0 saturated carbocycles. The van der Waals surface area contributed by atoms with Crippen molar-refractivity contribution in [1.29, 1.82) is 0 Å². The van der Waals surface area contributed by atoms with Gasteiger partial charge in [-0.2, -0.15) is 5.10 Å². The number of halogens is 1. The van der Waals surface area contributed by atoms with Gasteiger partial charge in [-0.05, 0) is 43.3 Å². The molecular formula is C15H12ClN2O3S2-. The first-order valence-corrected chi connectivity index (χ1v) is 8.67. The Morgan fingerprint density at radius 2 is 1.87 bits per heavy atom. The summed E-state index contributed by atoms with van der Waals surface area (Å²) < 4.78 is 0. The van der Waals surface area contributed by atoms with Crippen LogP contribution in [0.5, 0.6) is 0 Å². The number of carbonyl (C=O) groups excluding carboxylic acids is 2. The van der Waals surface area contributed by atoms with Crippen molar-refractivity contribution in [3.63, 3.8) is 0 Å². The van der Waals surface area contributed by atoms with Gasteiger partial charge in [0.2, 0.25) is 5.91 Å². The van der Waals surface area contributed by atoms with Crippen molar-refractivity contribution >= 4 is 52.3 Å². The van der Waals surface area contributed by atoms with Crippen molar-refractivity contribution in [2.45, 2.75) is 11.8 Å². The van der Waals surface area contributed by atoms with Crippen molar-refractivity contribution in [3.05, 3.63) is 51.2 Å². The van der Waals surface area contributed by atoms with E-state index in [4.69, 9.17) is 11.6 Å². The molecule has 0 bridgehead atoms. The van der Waals surface area contributed by atoms with Crippen LogP contribution in [-0.4, -0.2) is 23.3 Å². The summed E-state index contributed by atoms with van der Waals surface area (Å²) in [7, 11) is 0. The van der Waals surface area contributed by atoms with E-state index in [-0.39, 0.29) is 16.5 Å². The lowest BCUT2D eigenvalue weighted by Crippen LogP contribution is -2.21.